The Hall–Kier alpha value is -5.58. The number of thiophene rings is 1. The highest BCUT2D eigenvalue weighted by Gasteiger charge is 2.19. The Morgan fingerprint density at radius 1 is 0.364 bits per heavy atom. The molecule has 0 spiro atoms. The summed E-state index contributed by atoms with van der Waals surface area (Å²) in [7, 11) is 0. The maximum absolute atomic E-state index is 6.33. The molecule has 0 aliphatic rings. The molecule has 0 N–H and O–H groups in total. The third-order valence-corrected chi connectivity index (χ3v) is 9.94. The van der Waals surface area contributed by atoms with Crippen LogP contribution >= 0.6 is 11.3 Å². The van der Waals surface area contributed by atoms with Gasteiger partial charge in [-0.2, -0.15) is 0 Å². The largest absolute Gasteiger partial charge is 0.456 e. The maximum atomic E-state index is 6.33. The molecule has 0 radical (unpaired) electrons. The molecule has 4 heteroatoms. The van der Waals surface area contributed by atoms with Gasteiger partial charge in [0, 0.05) is 70.9 Å². The number of hydrogen-bond acceptors (Lipinski definition) is 4. The number of anilines is 3. The monoisotopic (exact) mass is 581 g/mol. The molecule has 206 valence electrons. The molecular formula is C40H23NO2S. The number of fused-ring (bicyclic) bond motifs is 10. The zero-order valence-corrected chi connectivity index (χ0v) is 24.3. The molecular weight excluding hydrogens is 559 g/mol. The van der Waals surface area contributed by atoms with Crippen LogP contribution in [0.5, 0.6) is 0 Å². The highest BCUT2D eigenvalue weighted by atomic mass is 32.1. The summed E-state index contributed by atoms with van der Waals surface area (Å²) in [5.41, 5.74) is 6.67. The zero-order valence-electron chi connectivity index (χ0n) is 23.5. The van der Waals surface area contributed by atoms with Crippen molar-refractivity contribution in [1.29, 1.82) is 0 Å². The van der Waals surface area contributed by atoms with Crippen molar-refractivity contribution in [2.24, 2.45) is 0 Å². The van der Waals surface area contributed by atoms with Crippen molar-refractivity contribution in [3.8, 4) is 0 Å². The second-order valence-electron chi connectivity index (χ2n) is 11.4. The van der Waals surface area contributed by atoms with E-state index in [1.54, 1.807) is 0 Å². The average molecular weight is 582 g/mol. The first-order chi connectivity index (χ1) is 21.8. The maximum Gasteiger partial charge on any atom is 0.137 e. The molecule has 0 aliphatic heterocycles. The Kier molecular flexibility index (Phi) is 4.87. The molecule has 7 aromatic carbocycles. The number of furan rings is 2. The molecule has 0 bridgehead atoms. The fourth-order valence-corrected chi connectivity index (χ4v) is 7.91. The van der Waals surface area contributed by atoms with E-state index in [-0.39, 0.29) is 0 Å². The van der Waals surface area contributed by atoms with Crippen LogP contribution in [0, 0.1) is 0 Å². The molecule has 10 rings (SSSR count). The molecule has 0 saturated carbocycles. The van der Waals surface area contributed by atoms with Crippen LogP contribution in [0.4, 0.5) is 17.1 Å². The smallest absolute Gasteiger partial charge is 0.137 e. The Bertz CT molecular complexity index is 2630. The van der Waals surface area contributed by atoms with Gasteiger partial charge in [0.25, 0.3) is 0 Å². The molecule has 0 saturated heterocycles. The van der Waals surface area contributed by atoms with Crippen molar-refractivity contribution >= 4 is 103 Å². The van der Waals surface area contributed by atoms with Crippen LogP contribution in [0.15, 0.2) is 148 Å². The Morgan fingerprint density at radius 3 is 1.48 bits per heavy atom. The van der Waals surface area contributed by atoms with Gasteiger partial charge in [0.05, 0.1) is 0 Å². The molecule has 10 aromatic rings. The lowest BCUT2D eigenvalue weighted by Crippen LogP contribution is -2.09. The lowest BCUT2D eigenvalue weighted by molar-refractivity contribution is 0.669. The normalized spacial score (nSPS) is 12.1. The van der Waals surface area contributed by atoms with Gasteiger partial charge in [-0.05, 0) is 71.4 Å². The van der Waals surface area contributed by atoms with E-state index < -0.39 is 0 Å². The molecule has 3 heterocycles. The SMILES string of the molecule is c1ccc2cc3c(cc2c1)sc1cc(N(c2ccc4c(c2)oc2ccccc24)c2ccc4c(c2)oc2ccccc24)ccc13. The number of benzene rings is 7. The summed E-state index contributed by atoms with van der Waals surface area (Å²) in [6.07, 6.45) is 0. The molecule has 44 heavy (non-hydrogen) atoms. The zero-order chi connectivity index (χ0) is 28.8. The van der Waals surface area contributed by atoms with Crippen LogP contribution in [-0.2, 0) is 0 Å². The molecule has 3 nitrogen and oxygen atoms in total. The van der Waals surface area contributed by atoms with Gasteiger partial charge < -0.3 is 13.7 Å². The van der Waals surface area contributed by atoms with Crippen molar-refractivity contribution < 1.29 is 8.83 Å². The summed E-state index contributed by atoms with van der Waals surface area (Å²) in [6.45, 7) is 0. The van der Waals surface area contributed by atoms with Crippen LogP contribution in [0.25, 0.3) is 74.8 Å². The average Bonchev–Trinajstić information content (AvgIpc) is 3.73. The minimum absolute atomic E-state index is 0.869. The van der Waals surface area contributed by atoms with E-state index in [1.165, 1.54) is 30.9 Å². The van der Waals surface area contributed by atoms with Crippen molar-refractivity contribution in [2.45, 2.75) is 0 Å². The van der Waals surface area contributed by atoms with Crippen LogP contribution in [0.3, 0.4) is 0 Å². The van der Waals surface area contributed by atoms with E-state index in [0.717, 1.165) is 60.9 Å². The van der Waals surface area contributed by atoms with Crippen molar-refractivity contribution in [1.82, 2.24) is 0 Å². The van der Waals surface area contributed by atoms with E-state index in [4.69, 9.17) is 8.83 Å². The van der Waals surface area contributed by atoms with Gasteiger partial charge in [-0.15, -0.1) is 11.3 Å². The summed E-state index contributed by atoms with van der Waals surface area (Å²) >= 11 is 1.85. The van der Waals surface area contributed by atoms with Gasteiger partial charge in [0.2, 0.25) is 0 Å². The summed E-state index contributed by atoms with van der Waals surface area (Å²) in [5, 5.41) is 9.60. The summed E-state index contributed by atoms with van der Waals surface area (Å²) in [6, 6.07) is 49.5. The summed E-state index contributed by atoms with van der Waals surface area (Å²) in [4.78, 5) is 2.31. The van der Waals surface area contributed by atoms with Crippen molar-refractivity contribution in [3.05, 3.63) is 140 Å². The van der Waals surface area contributed by atoms with E-state index in [9.17, 15) is 0 Å². The highest BCUT2D eigenvalue weighted by Crippen LogP contribution is 2.44. The topological polar surface area (TPSA) is 29.5 Å². The van der Waals surface area contributed by atoms with Crippen LogP contribution in [0.2, 0.25) is 0 Å². The number of rotatable bonds is 3. The van der Waals surface area contributed by atoms with Gasteiger partial charge in [0.1, 0.15) is 22.3 Å². The first-order valence-electron chi connectivity index (χ1n) is 14.7. The lowest BCUT2D eigenvalue weighted by Gasteiger charge is -2.25. The second-order valence-corrected chi connectivity index (χ2v) is 12.5. The Labute approximate surface area is 255 Å². The highest BCUT2D eigenvalue weighted by molar-refractivity contribution is 7.25. The van der Waals surface area contributed by atoms with Gasteiger partial charge in [-0.1, -0.05) is 66.7 Å². The third-order valence-electron chi connectivity index (χ3n) is 8.82. The number of para-hydroxylation sites is 2. The van der Waals surface area contributed by atoms with Gasteiger partial charge >= 0.3 is 0 Å². The van der Waals surface area contributed by atoms with E-state index >= 15 is 0 Å². The van der Waals surface area contributed by atoms with Crippen molar-refractivity contribution in [2.75, 3.05) is 4.90 Å². The molecule has 0 aliphatic carbocycles. The lowest BCUT2D eigenvalue weighted by atomic mass is 10.1. The van der Waals surface area contributed by atoms with Crippen LogP contribution in [-0.4, -0.2) is 0 Å². The fourth-order valence-electron chi connectivity index (χ4n) is 6.74. The fraction of sp³-hybridized carbons (Fsp3) is 0. The second kappa shape index (κ2) is 8.96. The first kappa shape index (κ1) is 23.9. The molecule has 0 atom stereocenters. The standard InChI is InChI=1S/C40H23NO2S/c1-2-8-25-20-39-34(19-24(25)7-1)33-18-15-28(23-40(33)44-39)41(26-13-16-31-29-9-3-5-11-35(29)42-37(31)21-26)27-14-17-32-30-10-4-6-12-36(30)43-38(32)22-27/h1-23H. The molecule has 3 aromatic heterocycles. The minimum atomic E-state index is 0.869. The van der Waals surface area contributed by atoms with E-state index in [0.29, 0.717) is 0 Å². The molecule has 0 unspecified atom stereocenters. The van der Waals surface area contributed by atoms with Crippen LogP contribution < -0.4 is 4.90 Å². The predicted octanol–water partition coefficient (Wildman–Crippen LogP) is 12.5. The van der Waals surface area contributed by atoms with Gasteiger partial charge in [-0.25, -0.2) is 0 Å². The summed E-state index contributed by atoms with van der Waals surface area (Å²) in [5.74, 6) is 0. The predicted molar refractivity (Wildman–Crippen MR) is 186 cm³/mol. The Balaban J connectivity index is 1.20. The summed E-state index contributed by atoms with van der Waals surface area (Å²) < 4.78 is 15.2. The van der Waals surface area contributed by atoms with Crippen LogP contribution in [0.1, 0.15) is 0 Å². The Morgan fingerprint density at radius 2 is 0.841 bits per heavy atom. The number of hydrogen-bond donors (Lipinski definition) is 0. The van der Waals surface area contributed by atoms with E-state index in [1.807, 2.05) is 35.6 Å². The van der Waals surface area contributed by atoms with E-state index in [2.05, 4.69) is 120 Å². The van der Waals surface area contributed by atoms with Crippen molar-refractivity contribution in [3.63, 3.8) is 0 Å². The number of nitrogens with zero attached hydrogens (tertiary/aromatic N) is 1. The first-order valence-corrected chi connectivity index (χ1v) is 15.6. The molecule has 0 amide bonds. The minimum Gasteiger partial charge on any atom is -0.456 e. The quantitative estimate of drug-likeness (QED) is 0.208. The third kappa shape index (κ3) is 3.49. The molecule has 0 fully saturated rings. The van der Waals surface area contributed by atoms with Gasteiger partial charge in [0.15, 0.2) is 0 Å². The van der Waals surface area contributed by atoms with Gasteiger partial charge in [-0.3, -0.25) is 0 Å².